The van der Waals surface area contributed by atoms with Crippen LogP contribution in [0.15, 0.2) is 0 Å². The van der Waals surface area contributed by atoms with Gasteiger partial charge in [0.05, 0.1) is 20.7 Å². The maximum atomic E-state index is 11.0. The fraction of sp³-hybridized carbons (Fsp3) is 0.833. The van der Waals surface area contributed by atoms with E-state index in [9.17, 15) is 4.79 Å². The number of rotatable bonds is 2. The van der Waals surface area contributed by atoms with Gasteiger partial charge >= 0.3 is 6.03 Å². The van der Waals surface area contributed by atoms with Crippen LogP contribution in [0.4, 0.5) is 4.79 Å². The number of nitrogens with one attached hydrogen (secondary N) is 1. The zero-order chi connectivity index (χ0) is 8.20. The van der Waals surface area contributed by atoms with E-state index in [2.05, 4.69) is 5.32 Å². The molecular formula is C6H15IN2O2. The highest BCUT2D eigenvalue weighted by Gasteiger charge is 2.23. The number of amides is 2. The summed E-state index contributed by atoms with van der Waals surface area (Å²) in [5.41, 5.74) is 0. The average molecular weight is 274 g/mol. The number of aliphatic hydroxyl groups is 1. The third kappa shape index (κ3) is 4.54. The number of halogens is 1. The Bertz CT molecular complexity index is 128. The lowest BCUT2D eigenvalue weighted by molar-refractivity contribution is -0.809. The molecule has 68 valence electrons. The molecule has 0 aromatic carbocycles. The molecule has 0 bridgehead atoms. The van der Waals surface area contributed by atoms with Crippen molar-refractivity contribution in [3.63, 3.8) is 0 Å². The van der Waals surface area contributed by atoms with Crippen LogP contribution in [0.1, 0.15) is 0 Å². The largest absolute Gasteiger partial charge is 1.00 e. The Morgan fingerprint density at radius 2 is 2.00 bits per heavy atom. The van der Waals surface area contributed by atoms with Gasteiger partial charge in [0.1, 0.15) is 6.54 Å². The van der Waals surface area contributed by atoms with Crippen LogP contribution in [0.3, 0.4) is 0 Å². The van der Waals surface area contributed by atoms with Crippen LogP contribution >= 0.6 is 0 Å². The number of carbonyl (C=O) groups excluding carboxylic acids is 1. The number of urea groups is 1. The van der Waals surface area contributed by atoms with Gasteiger partial charge in [-0.15, -0.1) is 0 Å². The Kier molecular flexibility index (Phi) is 7.13. The molecule has 0 atom stereocenters. The molecule has 0 aromatic heterocycles. The van der Waals surface area contributed by atoms with Gasteiger partial charge in [-0.3, -0.25) is 0 Å². The quantitative estimate of drug-likeness (QED) is 0.404. The van der Waals surface area contributed by atoms with Gasteiger partial charge in [-0.05, 0) is 0 Å². The molecule has 0 radical (unpaired) electrons. The second kappa shape index (κ2) is 5.73. The van der Waals surface area contributed by atoms with E-state index in [0.29, 0.717) is 6.54 Å². The molecule has 0 spiro atoms. The maximum Gasteiger partial charge on any atom is 0.415 e. The Morgan fingerprint density at radius 3 is 2.27 bits per heavy atom. The van der Waals surface area contributed by atoms with Gasteiger partial charge in [0, 0.05) is 7.05 Å². The molecule has 2 amide bonds. The Labute approximate surface area is 84.2 Å². The normalized spacial score (nSPS) is 10.2. The third-order valence-corrected chi connectivity index (χ3v) is 1.42. The number of quaternary nitrogens is 1. The molecule has 0 heterocycles. The first-order valence-corrected chi connectivity index (χ1v) is 3.20. The molecule has 2 N–H and O–H groups in total. The molecule has 0 aliphatic rings. The fourth-order valence-electron chi connectivity index (χ4n) is 0.654. The first kappa shape index (κ1) is 13.7. The van der Waals surface area contributed by atoms with Crippen LogP contribution in [-0.4, -0.2) is 49.9 Å². The SMILES string of the molecule is CNC(=O)[N+](C)(C)CCO.[I-]. The Morgan fingerprint density at radius 1 is 1.55 bits per heavy atom. The highest BCUT2D eigenvalue weighted by molar-refractivity contribution is 5.65. The van der Waals surface area contributed by atoms with Crippen LogP contribution in [0.5, 0.6) is 0 Å². The molecule has 0 saturated heterocycles. The van der Waals surface area contributed by atoms with Crippen LogP contribution in [0.2, 0.25) is 0 Å². The van der Waals surface area contributed by atoms with Crippen molar-refractivity contribution in [1.29, 1.82) is 0 Å². The topological polar surface area (TPSA) is 49.3 Å². The number of aliphatic hydroxyl groups excluding tert-OH is 1. The van der Waals surface area contributed by atoms with Crippen molar-refractivity contribution >= 4 is 6.03 Å². The van der Waals surface area contributed by atoms with Crippen molar-refractivity contribution in [2.75, 3.05) is 34.3 Å². The van der Waals surface area contributed by atoms with Crippen molar-refractivity contribution < 1.29 is 38.4 Å². The van der Waals surface area contributed by atoms with Crippen LogP contribution < -0.4 is 29.3 Å². The van der Waals surface area contributed by atoms with Crippen molar-refractivity contribution in [2.45, 2.75) is 0 Å². The summed E-state index contributed by atoms with van der Waals surface area (Å²) in [5, 5.41) is 11.1. The molecule has 0 aliphatic carbocycles. The predicted molar refractivity (Wildman–Crippen MR) is 38.5 cm³/mol. The van der Waals surface area contributed by atoms with E-state index in [-0.39, 0.29) is 41.1 Å². The molecule has 11 heavy (non-hydrogen) atoms. The number of nitrogens with zero attached hydrogens (tertiary/aromatic N) is 1. The van der Waals surface area contributed by atoms with Gasteiger partial charge in [0.15, 0.2) is 0 Å². The smallest absolute Gasteiger partial charge is 0.415 e. The molecule has 0 fully saturated rings. The van der Waals surface area contributed by atoms with Crippen LogP contribution in [0, 0.1) is 0 Å². The summed E-state index contributed by atoms with van der Waals surface area (Å²) < 4.78 is 0.174. The van der Waals surface area contributed by atoms with Crippen molar-refractivity contribution in [3.8, 4) is 0 Å². The Balaban J connectivity index is 0. The van der Waals surface area contributed by atoms with Crippen LogP contribution in [-0.2, 0) is 0 Å². The van der Waals surface area contributed by atoms with E-state index in [4.69, 9.17) is 5.11 Å². The van der Waals surface area contributed by atoms with E-state index in [1.54, 1.807) is 21.1 Å². The molecule has 5 heteroatoms. The minimum absolute atomic E-state index is 0. The molecule has 0 rings (SSSR count). The lowest BCUT2D eigenvalue weighted by Gasteiger charge is -2.24. The molecule has 0 aliphatic heterocycles. The second-order valence-corrected chi connectivity index (χ2v) is 2.69. The highest BCUT2D eigenvalue weighted by atomic mass is 127. The summed E-state index contributed by atoms with van der Waals surface area (Å²) in [4.78, 5) is 11.0. The van der Waals surface area contributed by atoms with Gasteiger partial charge in [-0.25, -0.2) is 9.28 Å². The van der Waals surface area contributed by atoms with Crippen molar-refractivity contribution in [3.05, 3.63) is 0 Å². The van der Waals surface area contributed by atoms with Gasteiger partial charge < -0.3 is 34.4 Å². The Hall–Kier alpha value is 0.120. The zero-order valence-corrected chi connectivity index (χ0v) is 9.25. The maximum absolute atomic E-state index is 11.0. The van der Waals surface area contributed by atoms with Crippen molar-refractivity contribution in [2.24, 2.45) is 0 Å². The summed E-state index contributed by atoms with van der Waals surface area (Å²) >= 11 is 0. The van der Waals surface area contributed by atoms with E-state index in [1.165, 1.54) is 0 Å². The standard InChI is InChI=1S/C6H14N2O2.HI/c1-7-6(10)8(2,3)4-5-9;/h9H,4-5H2,1-3H3;1H. The minimum Gasteiger partial charge on any atom is -1.00 e. The van der Waals surface area contributed by atoms with Crippen molar-refractivity contribution in [1.82, 2.24) is 5.32 Å². The van der Waals surface area contributed by atoms with Gasteiger partial charge in [-0.2, -0.15) is 0 Å². The molecule has 4 nitrogen and oxygen atoms in total. The van der Waals surface area contributed by atoms with Gasteiger partial charge in [0.2, 0.25) is 0 Å². The fourth-order valence-corrected chi connectivity index (χ4v) is 0.654. The lowest BCUT2D eigenvalue weighted by Crippen LogP contribution is -3.00. The monoisotopic (exact) mass is 274 g/mol. The molecular weight excluding hydrogens is 259 g/mol. The third-order valence-electron chi connectivity index (χ3n) is 1.42. The summed E-state index contributed by atoms with van der Waals surface area (Å²) in [5.74, 6) is 0. The average Bonchev–Trinajstić information content (AvgIpc) is 1.86. The summed E-state index contributed by atoms with van der Waals surface area (Å²) in [6, 6.07) is -0.0888. The first-order valence-electron chi connectivity index (χ1n) is 3.20. The molecule has 0 aromatic rings. The van der Waals surface area contributed by atoms with Gasteiger partial charge in [-0.1, -0.05) is 0 Å². The lowest BCUT2D eigenvalue weighted by atomic mass is 10.5. The second-order valence-electron chi connectivity index (χ2n) is 2.69. The minimum atomic E-state index is -0.0888. The molecule has 0 saturated carbocycles. The number of hydrogen-bond acceptors (Lipinski definition) is 2. The number of carbonyl (C=O) groups is 1. The summed E-state index contributed by atoms with van der Waals surface area (Å²) in [6.45, 7) is 0.472. The highest BCUT2D eigenvalue weighted by Crippen LogP contribution is 1.95. The van der Waals surface area contributed by atoms with Crippen LogP contribution in [0.25, 0.3) is 0 Å². The summed E-state index contributed by atoms with van der Waals surface area (Å²) in [6.07, 6.45) is 0. The van der Waals surface area contributed by atoms with E-state index in [1.807, 2.05) is 0 Å². The zero-order valence-electron chi connectivity index (χ0n) is 7.09. The van der Waals surface area contributed by atoms with E-state index >= 15 is 0 Å². The van der Waals surface area contributed by atoms with Gasteiger partial charge in [0.25, 0.3) is 0 Å². The predicted octanol–water partition coefficient (Wildman–Crippen LogP) is -3.60. The van der Waals surface area contributed by atoms with E-state index in [0.717, 1.165) is 0 Å². The first-order chi connectivity index (χ1) is 4.54. The summed E-state index contributed by atoms with van der Waals surface area (Å²) in [7, 11) is 5.07. The molecule has 0 unspecified atom stereocenters. The number of likely N-dealkylation sites (N-methyl/N-ethyl adjacent to an activating group) is 1. The van der Waals surface area contributed by atoms with E-state index < -0.39 is 0 Å². The number of hydrogen-bond donors (Lipinski definition) is 2.